The third kappa shape index (κ3) is 11.0. The van der Waals surface area contributed by atoms with Gasteiger partial charge in [0.2, 0.25) is 5.91 Å². The maximum absolute atomic E-state index is 11.8. The van der Waals surface area contributed by atoms with Crippen molar-refractivity contribution in [3.8, 4) is 0 Å². The van der Waals surface area contributed by atoms with E-state index in [-0.39, 0.29) is 36.4 Å². The number of amides is 1. The highest BCUT2D eigenvalue weighted by Gasteiger charge is 2.11. The van der Waals surface area contributed by atoms with Crippen LogP contribution in [-0.4, -0.2) is 100 Å². The van der Waals surface area contributed by atoms with E-state index in [1.54, 1.807) is 19.0 Å². The van der Waals surface area contributed by atoms with E-state index in [0.29, 0.717) is 0 Å². The molecule has 0 aliphatic carbocycles. The molecule has 8 heteroatoms. The molecule has 0 saturated carbocycles. The summed E-state index contributed by atoms with van der Waals surface area (Å²) in [5.74, 6) is 0.799. The first-order valence-corrected chi connectivity index (χ1v) is 9.15. The number of ether oxygens (including phenoxy) is 1. The number of rotatable bonds is 10. The summed E-state index contributed by atoms with van der Waals surface area (Å²) in [6.45, 7) is 10.4. The first-order valence-electron chi connectivity index (χ1n) is 9.15. The fourth-order valence-electron chi connectivity index (χ4n) is 2.50. The number of morpholine rings is 1. The first kappa shape index (κ1) is 25.1. The summed E-state index contributed by atoms with van der Waals surface area (Å²) in [4.78, 5) is 22.4. The minimum atomic E-state index is 0. The van der Waals surface area contributed by atoms with Gasteiger partial charge in [-0.3, -0.25) is 9.69 Å². The van der Waals surface area contributed by atoms with Crippen LogP contribution < -0.4 is 5.32 Å². The van der Waals surface area contributed by atoms with Crippen LogP contribution in [0.2, 0.25) is 0 Å². The molecule has 1 aliphatic rings. The summed E-state index contributed by atoms with van der Waals surface area (Å²) in [6.07, 6.45) is 4.97. The van der Waals surface area contributed by atoms with Gasteiger partial charge in [-0.15, -0.1) is 30.6 Å². The molecular weight excluding hydrogens is 445 g/mol. The summed E-state index contributed by atoms with van der Waals surface area (Å²) in [7, 11) is 5.51. The maximum Gasteiger partial charge on any atom is 0.243 e. The minimum absolute atomic E-state index is 0. The molecule has 1 N–H and O–H groups in total. The zero-order valence-electron chi connectivity index (χ0n) is 16.6. The highest BCUT2D eigenvalue weighted by atomic mass is 127. The second-order valence-electron chi connectivity index (χ2n) is 6.51. The van der Waals surface area contributed by atoms with E-state index in [9.17, 15) is 4.79 Å². The summed E-state index contributed by atoms with van der Waals surface area (Å²) in [5, 5.41) is 3.40. The van der Waals surface area contributed by atoms with Crippen molar-refractivity contribution in [1.82, 2.24) is 20.0 Å². The average molecular weight is 481 g/mol. The van der Waals surface area contributed by atoms with Gasteiger partial charge in [-0.2, -0.15) is 0 Å². The Morgan fingerprint density at radius 1 is 1.27 bits per heavy atom. The molecule has 1 heterocycles. The van der Waals surface area contributed by atoms with Gasteiger partial charge in [0.1, 0.15) is 6.54 Å². The zero-order valence-corrected chi connectivity index (χ0v) is 18.9. The van der Waals surface area contributed by atoms with E-state index in [0.717, 1.165) is 71.2 Å². The Kier molecular flexibility index (Phi) is 14.7. The lowest BCUT2D eigenvalue weighted by atomic mass is 10.3. The monoisotopic (exact) mass is 481 g/mol. The van der Waals surface area contributed by atoms with Crippen molar-refractivity contribution in [3.63, 3.8) is 0 Å². The lowest BCUT2D eigenvalue weighted by molar-refractivity contribution is -0.127. The van der Waals surface area contributed by atoms with E-state index in [4.69, 9.17) is 4.74 Å². The Labute approximate surface area is 175 Å². The van der Waals surface area contributed by atoms with Crippen LogP contribution in [0.25, 0.3) is 0 Å². The van der Waals surface area contributed by atoms with Crippen LogP contribution in [0.5, 0.6) is 0 Å². The molecule has 0 aromatic rings. The second kappa shape index (κ2) is 15.2. The fraction of sp³-hybridized carbons (Fsp3) is 0.778. The Hall–Kier alpha value is -0.870. The number of allylic oxidation sites excluding steroid dienone is 1. The number of unbranched alkanes of at least 4 members (excludes halogenated alkanes) is 1. The van der Waals surface area contributed by atoms with Crippen LogP contribution in [0.1, 0.15) is 19.3 Å². The van der Waals surface area contributed by atoms with Crippen molar-refractivity contribution >= 4 is 35.8 Å². The Morgan fingerprint density at radius 3 is 2.58 bits per heavy atom. The predicted octanol–water partition coefficient (Wildman–Crippen LogP) is 1.26. The number of guanidine groups is 1. The van der Waals surface area contributed by atoms with E-state index in [2.05, 4.69) is 26.7 Å². The lowest BCUT2D eigenvalue weighted by Crippen LogP contribution is -2.42. The lowest BCUT2D eigenvalue weighted by Gasteiger charge is -2.27. The fourth-order valence-corrected chi connectivity index (χ4v) is 2.50. The smallest absolute Gasteiger partial charge is 0.243 e. The molecule has 0 bridgehead atoms. The standard InChI is InChI=1S/C18H35N5O2.HI/c1-5-6-7-10-22(4)18(20-16-17(24)21(2)3)19-9-8-11-23-12-14-25-15-13-23;/h5H,1,6-16H2,2-4H3,(H,19,20);1H. The number of likely N-dealkylation sites (N-methyl/N-ethyl adjacent to an activating group) is 1. The summed E-state index contributed by atoms with van der Waals surface area (Å²) >= 11 is 0. The van der Waals surface area contributed by atoms with Gasteiger partial charge in [0.15, 0.2) is 5.96 Å². The van der Waals surface area contributed by atoms with Crippen molar-refractivity contribution in [2.24, 2.45) is 4.99 Å². The SMILES string of the molecule is C=CCCCN(C)C(=NCC(=O)N(C)C)NCCCN1CCOCC1.I. The Balaban J connectivity index is 0.00000625. The van der Waals surface area contributed by atoms with Gasteiger partial charge < -0.3 is 19.9 Å². The highest BCUT2D eigenvalue weighted by molar-refractivity contribution is 14.0. The normalized spacial score (nSPS) is 15.1. The number of nitrogens with zero attached hydrogens (tertiary/aromatic N) is 4. The van der Waals surface area contributed by atoms with Crippen molar-refractivity contribution in [1.29, 1.82) is 0 Å². The van der Waals surface area contributed by atoms with Gasteiger partial charge in [-0.05, 0) is 25.8 Å². The molecule has 7 nitrogen and oxygen atoms in total. The molecular formula is C18H36IN5O2. The molecule has 1 amide bonds. The summed E-state index contributed by atoms with van der Waals surface area (Å²) in [6, 6.07) is 0. The quantitative estimate of drug-likeness (QED) is 0.167. The molecule has 0 unspecified atom stereocenters. The van der Waals surface area contributed by atoms with Gasteiger partial charge in [0, 0.05) is 47.3 Å². The van der Waals surface area contributed by atoms with Gasteiger partial charge in [0.25, 0.3) is 0 Å². The van der Waals surface area contributed by atoms with Gasteiger partial charge in [0.05, 0.1) is 13.2 Å². The number of nitrogens with one attached hydrogen (secondary N) is 1. The number of halogens is 1. The topological polar surface area (TPSA) is 60.4 Å². The molecule has 1 aliphatic heterocycles. The maximum atomic E-state index is 11.8. The van der Waals surface area contributed by atoms with E-state index in [1.165, 1.54) is 0 Å². The number of aliphatic imine (C=N–C) groups is 1. The molecule has 0 aromatic heterocycles. The third-order valence-electron chi connectivity index (χ3n) is 4.16. The van der Waals surface area contributed by atoms with E-state index in [1.807, 2.05) is 13.1 Å². The van der Waals surface area contributed by atoms with Crippen LogP contribution >= 0.6 is 24.0 Å². The summed E-state index contributed by atoms with van der Waals surface area (Å²) in [5.41, 5.74) is 0. The number of carbonyl (C=O) groups is 1. The first-order chi connectivity index (χ1) is 12.0. The molecule has 26 heavy (non-hydrogen) atoms. The van der Waals surface area contributed by atoms with Crippen LogP contribution in [0, 0.1) is 0 Å². The van der Waals surface area contributed by atoms with Crippen LogP contribution in [0.3, 0.4) is 0 Å². The molecule has 1 fully saturated rings. The molecule has 152 valence electrons. The summed E-state index contributed by atoms with van der Waals surface area (Å²) < 4.78 is 5.37. The number of carbonyl (C=O) groups excluding carboxylic acids is 1. The van der Waals surface area contributed by atoms with Crippen molar-refractivity contribution < 1.29 is 9.53 Å². The molecule has 0 aromatic carbocycles. The largest absolute Gasteiger partial charge is 0.379 e. The van der Waals surface area contributed by atoms with E-state index < -0.39 is 0 Å². The van der Waals surface area contributed by atoms with Crippen molar-refractivity contribution in [2.75, 3.05) is 73.6 Å². The molecule has 1 saturated heterocycles. The number of hydrogen-bond acceptors (Lipinski definition) is 4. The molecule has 0 spiro atoms. The molecule has 1 rings (SSSR count). The average Bonchev–Trinajstić information content (AvgIpc) is 2.61. The second-order valence-corrected chi connectivity index (χ2v) is 6.51. The van der Waals surface area contributed by atoms with E-state index >= 15 is 0 Å². The van der Waals surface area contributed by atoms with Gasteiger partial charge >= 0.3 is 0 Å². The van der Waals surface area contributed by atoms with Crippen molar-refractivity contribution in [3.05, 3.63) is 12.7 Å². The highest BCUT2D eigenvalue weighted by Crippen LogP contribution is 1.98. The number of hydrogen-bond donors (Lipinski definition) is 1. The molecule has 0 radical (unpaired) electrons. The zero-order chi connectivity index (χ0) is 18.5. The van der Waals surface area contributed by atoms with Crippen LogP contribution in [0.4, 0.5) is 0 Å². The van der Waals surface area contributed by atoms with Crippen LogP contribution in [0.15, 0.2) is 17.6 Å². The van der Waals surface area contributed by atoms with Gasteiger partial charge in [-0.25, -0.2) is 4.99 Å². The minimum Gasteiger partial charge on any atom is -0.379 e. The Bertz CT molecular complexity index is 426. The van der Waals surface area contributed by atoms with Crippen LogP contribution in [-0.2, 0) is 9.53 Å². The predicted molar refractivity (Wildman–Crippen MR) is 118 cm³/mol. The van der Waals surface area contributed by atoms with Crippen molar-refractivity contribution in [2.45, 2.75) is 19.3 Å². The third-order valence-corrected chi connectivity index (χ3v) is 4.16. The molecule has 0 atom stereocenters. The Morgan fingerprint density at radius 2 is 1.96 bits per heavy atom. The van der Waals surface area contributed by atoms with Gasteiger partial charge in [-0.1, -0.05) is 6.08 Å².